The zero-order chi connectivity index (χ0) is 10.1. The summed E-state index contributed by atoms with van der Waals surface area (Å²) in [5, 5.41) is 15.0. The summed E-state index contributed by atoms with van der Waals surface area (Å²) in [7, 11) is 1.77. The van der Waals surface area contributed by atoms with Crippen LogP contribution in [0.15, 0.2) is 6.20 Å². The van der Waals surface area contributed by atoms with Crippen LogP contribution in [-0.2, 0) is 13.5 Å². The molecule has 0 saturated carbocycles. The highest BCUT2D eigenvalue weighted by molar-refractivity contribution is 5.63. The van der Waals surface area contributed by atoms with Gasteiger partial charge in [-0.15, -0.1) is 0 Å². The van der Waals surface area contributed by atoms with E-state index in [0.29, 0.717) is 5.82 Å². The van der Waals surface area contributed by atoms with E-state index in [1.165, 1.54) is 4.80 Å². The topological polar surface area (TPSA) is 85.4 Å². The molecule has 2 aromatic heterocycles. The minimum atomic E-state index is 0.535. The second kappa shape index (κ2) is 3.13. The molecular weight excluding hydrogens is 180 g/mol. The van der Waals surface area contributed by atoms with Crippen LogP contribution in [0.5, 0.6) is 0 Å². The molecule has 0 aliphatic rings. The zero-order valence-corrected chi connectivity index (χ0v) is 8.15. The first kappa shape index (κ1) is 8.74. The van der Waals surface area contributed by atoms with Crippen molar-refractivity contribution in [3.63, 3.8) is 0 Å². The van der Waals surface area contributed by atoms with Gasteiger partial charge in [0, 0.05) is 12.6 Å². The van der Waals surface area contributed by atoms with Crippen LogP contribution >= 0.6 is 0 Å². The lowest BCUT2D eigenvalue weighted by Crippen LogP contribution is -1.93. The summed E-state index contributed by atoms with van der Waals surface area (Å²) < 4.78 is 0. The molecule has 0 fully saturated rings. The molecule has 6 heteroatoms. The van der Waals surface area contributed by atoms with E-state index in [1.54, 1.807) is 13.2 Å². The Labute approximate surface area is 81.1 Å². The van der Waals surface area contributed by atoms with Crippen molar-refractivity contribution >= 4 is 5.82 Å². The highest BCUT2D eigenvalue weighted by atomic mass is 15.4. The molecule has 0 aliphatic heterocycles. The highest BCUT2D eigenvalue weighted by Gasteiger charge is 2.12. The molecular formula is C8H12N6. The lowest BCUT2D eigenvalue weighted by molar-refractivity contribution is 0.655. The van der Waals surface area contributed by atoms with Gasteiger partial charge in [-0.3, -0.25) is 5.10 Å². The van der Waals surface area contributed by atoms with Gasteiger partial charge in [0.1, 0.15) is 11.5 Å². The Morgan fingerprint density at radius 1 is 1.57 bits per heavy atom. The van der Waals surface area contributed by atoms with Crippen LogP contribution < -0.4 is 5.73 Å². The quantitative estimate of drug-likeness (QED) is 0.718. The lowest BCUT2D eigenvalue weighted by atomic mass is 10.1. The molecule has 0 bridgehead atoms. The van der Waals surface area contributed by atoms with Crippen LogP contribution in [0.3, 0.4) is 0 Å². The fourth-order valence-electron chi connectivity index (χ4n) is 1.41. The molecule has 0 aliphatic carbocycles. The Hall–Kier alpha value is -1.85. The molecule has 0 radical (unpaired) electrons. The van der Waals surface area contributed by atoms with Crippen LogP contribution in [0, 0.1) is 0 Å². The van der Waals surface area contributed by atoms with Crippen LogP contribution in [0.1, 0.15) is 12.5 Å². The molecule has 0 amide bonds. The van der Waals surface area contributed by atoms with Crippen molar-refractivity contribution < 1.29 is 0 Å². The van der Waals surface area contributed by atoms with Crippen LogP contribution in [0.25, 0.3) is 11.4 Å². The summed E-state index contributed by atoms with van der Waals surface area (Å²) in [5.41, 5.74) is 8.32. The molecule has 14 heavy (non-hydrogen) atoms. The normalized spacial score (nSPS) is 10.7. The van der Waals surface area contributed by atoms with E-state index in [-0.39, 0.29) is 0 Å². The van der Waals surface area contributed by atoms with Gasteiger partial charge in [0.25, 0.3) is 0 Å². The number of nitrogens with zero attached hydrogens (tertiary/aromatic N) is 4. The van der Waals surface area contributed by atoms with Gasteiger partial charge in [-0.25, -0.2) is 0 Å². The predicted molar refractivity (Wildman–Crippen MR) is 52.4 cm³/mol. The molecule has 0 atom stereocenters. The smallest absolute Gasteiger partial charge is 0.149 e. The van der Waals surface area contributed by atoms with E-state index in [1.807, 2.05) is 6.92 Å². The van der Waals surface area contributed by atoms with Gasteiger partial charge in [-0.2, -0.15) is 20.1 Å². The van der Waals surface area contributed by atoms with E-state index in [2.05, 4.69) is 20.4 Å². The lowest BCUT2D eigenvalue weighted by Gasteiger charge is -1.95. The second-order valence-corrected chi connectivity index (χ2v) is 3.04. The summed E-state index contributed by atoms with van der Waals surface area (Å²) in [4.78, 5) is 1.51. The summed E-state index contributed by atoms with van der Waals surface area (Å²) in [6.45, 7) is 2.03. The van der Waals surface area contributed by atoms with Crippen molar-refractivity contribution in [2.75, 3.05) is 5.73 Å². The van der Waals surface area contributed by atoms with Crippen molar-refractivity contribution in [2.24, 2.45) is 7.05 Å². The zero-order valence-electron chi connectivity index (χ0n) is 8.15. The van der Waals surface area contributed by atoms with E-state index in [0.717, 1.165) is 23.4 Å². The molecule has 0 spiro atoms. The fourth-order valence-corrected chi connectivity index (χ4v) is 1.41. The Morgan fingerprint density at radius 3 is 2.93 bits per heavy atom. The average molecular weight is 192 g/mol. The van der Waals surface area contributed by atoms with E-state index >= 15 is 0 Å². The summed E-state index contributed by atoms with van der Waals surface area (Å²) >= 11 is 0. The van der Waals surface area contributed by atoms with E-state index in [9.17, 15) is 0 Å². The molecule has 0 saturated heterocycles. The third-order valence-corrected chi connectivity index (χ3v) is 2.11. The number of aromatic amines is 1. The van der Waals surface area contributed by atoms with Gasteiger partial charge in [0.05, 0.1) is 11.9 Å². The molecule has 3 N–H and O–H groups in total. The SMILES string of the molecule is CCc1c(N)n[nH]c1-c1cnn(C)n1. The minimum Gasteiger partial charge on any atom is -0.382 e. The van der Waals surface area contributed by atoms with Gasteiger partial charge in [-0.05, 0) is 6.42 Å². The van der Waals surface area contributed by atoms with E-state index < -0.39 is 0 Å². The number of aromatic nitrogens is 5. The molecule has 2 aromatic rings. The second-order valence-electron chi connectivity index (χ2n) is 3.04. The van der Waals surface area contributed by atoms with Gasteiger partial charge in [0.2, 0.25) is 0 Å². The first-order valence-corrected chi connectivity index (χ1v) is 4.41. The number of aryl methyl sites for hydroxylation is 1. The van der Waals surface area contributed by atoms with E-state index in [4.69, 9.17) is 5.73 Å². The van der Waals surface area contributed by atoms with Gasteiger partial charge in [-0.1, -0.05) is 6.92 Å². The third kappa shape index (κ3) is 1.24. The number of nitrogen functional groups attached to an aromatic ring is 1. The molecule has 0 aromatic carbocycles. The Bertz CT molecular complexity index is 440. The van der Waals surface area contributed by atoms with Gasteiger partial charge in [0.15, 0.2) is 0 Å². The van der Waals surface area contributed by atoms with Crippen LogP contribution in [0.2, 0.25) is 0 Å². The summed E-state index contributed by atoms with van der Waals surface area (Å²) in [6, 6.07) is 0. The standard InChI is InChI=1S/C8H12N6/c1-3-5-7(11-12-8(5)9)6-4-10-14(2)13-6/h4H,3H2,1-2H3,(H3,9,11,12). The predicted octanol–water partition coefficient (Wildman–Crippen LogP) is 0.350. The van der Waals surface area contributed by atoms with Crippen molar-refractivity contribution in [1.82, 2.24) is 25.2 Å². The van der Waals surface area contributed by atoms with Crippen molar-refractivity contribution in [1.29, 1.82) is 0 Å². The molecule has 2 heterocycles. The van der Waals surface area contributed by atoms with Gasteiger partial charge >= 0.3 is 0 Å². The molecule has 74 valence electrons. The largest absolute Gasteiger partial charge is 0.382 e. The number of nitrogens with two attached hydrogens (primary N) is 1. The first-order valence-electron chi connectivity index (χ1n) is 4.41. The average Bonchev–Trinajstić information content (AvgIpc) is 2.71. The maximum Gasteiger partial charge on any atom is 0.149 e. The third-order valence-electron chi connectivity index (χ3n) is 2.11. The number of anilines is 1. The Kier molecular flexibility index (Phi) is 1.95. The number of hydrogen-bond donors (Lipinski definition) is 2. The first-order chi connectivity index (χ1) is 6.72. The molecule has 6 nitrogen and oxygen atoms in total. The van der Waals surface area contributed by atoms with Gasteiger partial charge < -0.3 is 5.73 Å². The molecule has 0 unspecified atom stereocenters. The van der Waals surface area contributed by atoms with Crippen LogP contribution in [0.4, 0.5) is 5.82 Å². The maximum absolute atomic E-state index is 5.70. The number of nitrogens with one attached hydrogen (secondary N) is 1. The van der Waals surface area contributed by atoms with Crippen LogP contribution in [-0.4, -0.2) is 25.2 Å². The number of H-pyrrole nitrogens is 1. The maximum atomic E-state index is 5.70. The summed E-state index contributed by atoms with van der Waals surface area (Å²) in [6.07, 6.45) is 2.51. The monoisotopic (exact) mass is 192 g/mol. The Morgan fingerprint density at radius 2 is 2.36 bits per heavy atom. The molecule has 2 rings (SSSR count). The highest BCUT2D eigenvalue weighted by Crippen LogP contribution is 2.22. The van der Waals surface area contributed by atoms with Crippen molar-refractivity contribution in [3.8, 4) is 11.4 Å². The number of hydrogen-bond acceptors (Lipinski definition) is 4. The Balaban J connectivity index is 2.51. The van der Waals surface area contributed by atoms with Crippen molar-refractivity contribution in [2.45, 2.75) is 13.3 Å². The van der Waals surface area contributed by atoms with Crippen molar-refractivity contribution in [3.05, 3.63) is 11.8 Å². The summed E-state index contributed by atoms with van der Waals surface area (Å²) in [5.74, 6) is 0.535. The fraction of sp³-hybridized carbons (Fsp3) is 0.375. The number of rotatable bonds is 2. The minimum absolute atomic E-state index is 0.535.